The van der Waals surface area contributed by atoms with Gasteiger partial charge in [0.25, 0.3) is 0 Å². The van der Waals surface area contributed by atoms with Gasteiger partial charge < -0.3 is 5.32 Å². The maximum Gasteiger partial charge on any atom is 0.00984 e. The molecule has 0 aromatic carbocycles. The maximum atomic E-state index is 3.80. The fraction of sp³-hybridized carbons (Fsp3) is 0.667. The third kappa shape index (κ3) is 4.57. The molecule has 0 aliphatic heterocycles. The molecule has 0 aromatic heterocycles. The molecule has 1 N–H and O–H groups in total. The van der Waals surface area contributed by atoms with Gasteiger partial charge in [-0.1, -0.05) is 25.8 Å². The molecule has 0 amide bonds. The fourth-order valence-corrected chi connectivity index (χ4v) is 0.972. The van der Waals surface area contributed by atoms with E-state index < -0.39 is 0 Å². The first-order valence-electron chi connectivity index (χ1n) is 3.92. The van der Waals surface area contributed by atoms with Gasteiger partial charge in [0.2, 0.25) is 0 Å². The van der Waals surface area contributed by atoms with Crippen molar-refractivity contribution in [2.75, 3.05) is 7.05 Å². The minimum absolute atomic E-state index is 0.610. The minimum Gasteiger partial charge on any atom is -0.317 e. The highest BCUT2D eigenvalue weighted by molar-refractivity contribution is 4.76. The van der Waals surface area contributed by atoms with Gasteiger partial charge in [0.1, 0.15) is 0 Å². The zero-order chi connectivity index (χ0) is 7.82. The largest absolute Gasteiger partial charge is 0.317 e. The Balaban J connectivity index is 3.29. The lowest BCUT2D eigenvalue weighted by Crippen LogP contribution is -2.23. The Kier molecular flexibility index (Phi) is 6.61. The lowest BCUT2D eigenvalue weighted by atomic mass is 10.1. The second kappa shape index (κ2) is 6.81. The predicted molar refractivity (Wildman–Crippen MR) is 46.9 cm³/mol. The van der Waals surface area contributed by atoms with Crippen LogP contribution in [0.15, 0.2) is 12.7 Å². The Hall–Kier alpha value is -0.300. The number of hydrogen-bond donors (Lipinski definition) is 1. The molecule has 0 spiro atoms. The Morgan fingerprint density at radius 1 is 1.60 bits per heavy atom. The molecular weight excluding hydrogens is 122 g/mol. The summed E-state index contributed by atoms with van der Waals surface area (Å²) >= 11 is 0. The van der Waals surface area contributed by atoms with E-state index in [0.717, 1.165) is 12.8 Å². The SMILES string of the molecule is [CH2]CCCC(CC=C)NC. The minimum atomic E-state index is 0.610. The molecule has 0 aliphatic rings. The highest BCUT2D eigenvalue weighted by Crippen LogP contribution is 2.03. The zero-order valence-electron chi connectivity index (χ0n) is 6.90. The number of unbranched alkanes of at least 4 members (excludes halogenated alkanes) is 1. The van der Waals surface area contributed by atoms with E-state index >= 15 is 0 Å². The summed E-state index contributed by atoms with van der Waals surface area (Å²) in [7, 11) is 2.00. The van der Waals surface area contributed by atoms with Crippen LogP contribution in [-0.2, 0) is 0 Å². The van der Waals surface area contributed by atoms with Crippen LogP contribution in [0.5, 0.6) is 0 Å². The van der Waals surface area contributed by atoms with Crippen LogP contribution in [0.2, 0.25) is 0 Å². The van der Waals surface area contributed by atoms with Crippen molar-refractivity contribution in [3.63, 3.8) is 0 Å². The summed E-state index contributed by atoms with van der Waals surface area (Å²) in [6.45, 7) is 7.50. The summed E-state index contributed by atoms with van der Waals surface area (Å²) in [5.41, 5.74) is 0. The summed E-state index contributed by atoms with van der Waals surface area (Å²) in [6.07, 6.45) is 6.49. The van der Waals surface area contributed by atoms with Gasteiger partial charge in [-0.3, -0.25) is 0 Å². The first-order chi connectivity index (χ1) is 4.85. The van der Waals surface area contributed by atoms with E-state index in [1.54, 1.807) is 0 Å². The number of nitrogens with one attached hydrogen (secondary N) is 1. The van der Waals surface area contributed by atoms with Crippen molar-refractivity contribution in [2.24, 2.45) is 0 Å². The molecule has 1 radical (unpaired) electrons. The highest BCUT2D eigenvalue weighted by atomic mass is 14.9. The van der Waals surface area contributed by atoms with Crippen molar-refractivity contribution in [1.29, 1.82) is 0 Å². The normalized spacial score (nSPS) is 13.0. The van der Waals surface area contributed by atoms with E-state index in [1.165, 1.54) is 12.8 Å². The first-order valence-corrected chi connectivity index (χ1v) is 3.92. The van der Waals surface area contributed by atoms with Crippen molar-refractivity contribution in [3.05, 3.63) is 19.6 Å². The average molecular weight is 140 g/mol. The summed E-state index contributed by atoms with van der Waals surface area (Å²) < 4.78 is 0. The molecule has 1 atom stereocenters. The highest BCUT2D eigenvalue weighted by Gasteiger charge is 2.00. The van der Waals surface area contributed by atoms with Crippen molar-refractivity contribution in [1.82, 2.24) is 5.32 Å². The second-order valence-electron chi connectivity index (χ2n) is 2.51. The molecule has 0 rings (SSSR count). The van der Waals surface area contributed by atoms with Crippen LogP contribution in [0.3, 0.4) is 0 Å². The lowest BCUT2D eigenvalue weighted by Gasteiger charge is -2.12. The van der Waals surface area contributed by atoms with Gasteiger partial charge in [-0.25, -0.2) is 0 Å². The Labute approximate surface area is 64.5 Å². The quantitative estimate of drug-likeness (QED) is 0.557. The van der Waals surface area contributed by atoms with E-state index in [1.807, 2.05) is 13.1 Å². The van der Waals surface area contributed by atoms with E-state index in [9.17, 15) is 0 Å². The van der Waals surface area contributed by atoms with Crippen molar-refractivity contribution in [2.45, 2.75) is 31.7 Å². The average Bonchev–Trinajstić information content (AvgIpc) is 1.98. The molecule has 0 saturated heterocycles. The molecule has 10 heavy (non-hydrogen) atoms. The van der Waals surface area contributed by atoms with Crippen molar-refractivity contribution < 1.29 is 0 Å². The molecule has 1 unspecified atom stereocenters. The van der Waals surface area contributed by atoms with Crippen LogP contribution in [0, 0.1) is 6.92 Å². The van der Waals surface area contributed by atoms with E-state index in [0.29, 0.717) is 6.04 Å². The van der Waals surface area contributed by atoms with Gasteiger partial charge >= 0.3 is 0 Å². The molecule has 0 heterocycles. The Morgan fingerprint density at radius 3 is 2.70 bits per heavy atom. The zero-order valence-corrected chi connectivity index (χ0v) is 6.90. The van der Waals surface area contributed by atoms with Crippen molar-refractivity contribution in [3.8, 4) is 0 Å². The Bertz CT molecular complexity index is 78.8. The smallest absolute Gasteiger partial charge is 0.00984 e. The molecule has 59 valence electrons. The maximum absolute atomic E-state index is 3.80. The van der Waals surface area contributed by atoms with Crippen LogP contribution >= 0.6 is 0 Å². The molecule has 0 aliphatic carbocycles. The van der Waals surface area contributed by atoms with Crippen LogP contribution in [0.1, 0.15) is 25.7 Å². The van der Waals surface area contributed by atoms with Crippen LogP contribution in [0.4, 0.5) is 0 Å². The summed E-state index contributed by atoms with van der Waals surface area (Å²) in [5.74, 6) is 0. The number of rotatable bonds is 6. The van der Waals surface area contributed by atoms with Gasteiger partial charge in [-0.15, -0.1) is 6.58 Å². The third-order valence-electron chi connectivity index (χ3n) is 1.66. The van der Waals surface area contributed by atoms with Crippen molar-refractivity contribution >= 4 is 0 Å². The molecular formula is C9H18N. The standard InChI is InChI=1S/C9H18N/c1-4-6-8-9(10-3)7-5-2/h5,9-10H,1-2,4,6-8H2,3H3. The molecule has 0 bridgehead atoms. The lowest BCUT2D eigenvalue weighted by molar-refractivity contribution is 0.511. The van der Waals surface area contributed by atoms with Gasteiger partial charge in [-0.05, 0) is 19.9 Å². The molecule has 1 heteroatoms. The topological polar surface area (TPSA) is 12.0 Å². The molecule has 0 aromatic rings. The summed E-state index contributed by atoms with van der Waals surface area (Å²) in [5, 5.41) is 3.24. The van der Waals surface area contributed by atoms with Crippen LogP contribution < -0.4 is 5.32 Å². The van der Waals surface area contributed by atoms with Gasteiger partial charge in [0.05, 0.1) is 0 Å². The van der Waals surface area contributed by atoms with E-state index in [-0.39, 0.29) is 0 Å². The van der Waals surface area contributed by atoms with Gasteiger partial charge in [-0.2, -0.15) is 0 Å². The van der Waals surface area contributed by atoms with Crippen LogP contribution in [-0.4, -0.2) is 13.1 Å². The molecule has 0 saturated carbocycles. The molecule has 1 nitrogen and oxygen atoms in total. The fourth-order valence-electron chi connectivity index (χ4n) is 0.972. The van der Waals surface area contributed by atoms with E-state index in [2.05, 4.69) is 18.8 Å². The van der Waals surface area contributed by atoms with E-state index in [4.69, 9.17) is 0 Å². The Morgan fingerprint density at radius 2 is 2.30 bits per heavy atom. The van der Waals surface area contributed by atoms with Gasteiger partial charge in [0, 0.05) is 6.04 Å². The first kappa shape index (κ1) is 9.70. The molecule has 0 fully saturated rings. The van der Waals surface area contributed by atoms with Crippen LogP contribution in [0.25, 0.3) is 0 Å². The summed E-state index contributed by atoms with van der Waals surface area (Å²) in [4.78, 5) is 0. The monoisotopic (exact) mass is 140 g/mol. The predicted octanol–water partition coefficient (Wildman–Crippen LogP) is 2.15. The number of hydrogen-bond acceptors (Lipinski definition) is 1. The third-order valence-corrected chi connectivity index (χ3v) is 1.66. The second-order valence-corrected chi connectivity index (χ2v) is 2.51. The summed E-state index contributed by atoms with van der Waals surface area (Å²) in [6, 6.07) is 0.610. The van der Waals surface area contributed by atoms with Gasteiger partial charge in [0.15, 0.2) is 0 Å².